The maximum absolute atomic E-state index is 12.8. The zero-order valence-corrected chi connectivity index (χ0v) is 14.1. The average molecular weight is 363 g/mol. The Morgan fingerprint density at radius 2 is 1.96 bits per heavy atom. The molecule has 0 unspecified atom stereocenters. The highest BCUT2D eigenvalue weighted by Crippen LogP contribution is 2.11. The Kier molecular flexibility index (Phi) is 6.42. The number of carbonyl (C=O) groups excluding carboxylic acids is 1. The molecule has 1 heterocycles. The van der Waals surface area contributed by atoms with Crippen LogP contribution in [0.5, 0.6) is 5.75 Å². The summed E-state index contributed by atoms with van der Waals surface area (Å²) >= 11 is 0. The van der Waals surface area contributed by atoms with Gasteiger partial charge >= 0.3 is 0 Å². The molecule has 0 aliphatic heterocycles. The van der Waals surface area contributed by atoms with Gasteiger partial charge in [-0.2, -0.15) is 0 Å². The minimum absolute atomic E-state index is 0.257. The number of ether oxygens (including phenoxy) is 1. The maximum atomic E-state index is 12.8. The van der Waals surface area contributed by atoms with E-state index in [0.29, 0.717) is 25.3 Å². The molecule has 8 nitrogen and oxygen atoms in total. The van der Waals surface area contributed by atoms with Gasteiger partial charge in [0.1, 0.15) is 18.1 Å². The fourth-order valence-corrected chi connectivity index (χ4v) is 2.16. The molecule has 0 N–H and O–H groups in total. The lowest BCUT2D eigenvalue weighted by molar-refractivity contribution is -0.385. The van der Waals surface area contributed by atoms with Crippen molar-refractivity contribution in [2.24, 2.45) is 0 Å². The van der Waals surface area contributed by atoms with Crippen LogP contribution in [0.15, 0.2) is 47.4 Å². The molecule has 2 aromatic rings. The third-order valence-corrected chi connectivity index (χ3v) is 3.63. The molecular formula is C17H18FN3O5. The van der Waals surface area contributed by atoms with Gasteiger partial charge in [-0.3, -0.25) is 24.3 Å². The van der Waals surface area contributed by atoms with Gasteiger partial charge in [-0.05, 0) is 30.7 Å². The van der Waals surface area contributed by atoms with Crippen LogP contribution in [0, 0.1) is 15.9 Å². The van der Waals surface area contributed by atoms with Crippen LogP contribution in [0.25, 0.3) is 0 Å². The number of nitro groups is 1. The summed E-state index contributed by atoms with van der Waals surface area (Å²) in [7, 11) is 1.57. The molecule has 0 atom stereocenters. The number of carbonyl (C=O) groups is 1. The predicted octanol–water partition coefficient (Wildman–Crippen LogP) is 1.82. The quantitative estimate of drug-likeness (QED) is 0.405. The Hall–Kier alpha value is -3.23. The van der Waals surface area contributed by atoms with Gasteiger partial charge in [0.25, 0.3) is 11.2 Å². The lowest BCUT2D eigenvalue weighted by Gasteiger charge is -2.18. The topological polar surface area (TPSA) is 94.7 Å². The van der Waals surface area contributed by atoms with Crippen molar-refractivity contribution in [2.45, 2.75) is 13.0 Å². The van der Waals surface area contributed by atoms with Crippen molar-refractivity contribution in [1.82, 2.24) is 9.47 Å². The Morgan fingerprint density at radius 1 is 1.27 bits per heavy atom. The van der Waals surface area contributed by atoms with Crippen molar-refractivity contribution in [1.29, 1.82) is 0 Å². The zero-order valence-electron chi connectivity index (χ0n) is 14.1. The van der Waals surface area contributed by atoms with E-state index in [1.54, 1.807) is 7.05 Å². The molecule has 1 amide bonds. The summed E-state index contributed by atoms with van der Waals surface area (Å²) in [6, 6.07) is 7.77. The number of hydrogen-bond acceptors (Lipinski definition) is 5. The Labute approximate surface area is 148 Å². The number of hydrogen-bond donors (Lipinski definition) is 0. The van der Waals surface area contributed by atoms with Gasteiger partial charge in [-0.1, -0.05) is 0 Å². The van der Waals surface area contributed by atoms with Crippen LogP contribution in [0.4, 0.5) is 10.1 Å². The third-order valence-electron chi connectivity index (χ3n) is 3.63. The van der Waals surface area contributed by atoms with E-state index >= 15 is 0 Å². The van der Waals surface area contributed by atoms with Crippen LogP contribution in [-0.4, -0.2) is 40.5 Å². The van der Waals surface area contributed by atoms with Crippen molar-refractivity contribution >= 4 is 11.6 Å². The second-order valence-electron chi connectivity index (χ2n) is 5.58. The van der Waals surface area contributed by atoms with E-state index in [1.807, 2.05) is 0 Å². The predicted molar refractivity (Wildman–Crippen MR) is 91.5 cm³/mol. The average Bonchev–Trinajstić information content (AvgIpc) is 2.61. The molecule has 0 aliphatic rings. The molecule has 0 aliphatic carbocycles. The van der Waals surface area contributed by atoms with E-state index in [1.165, 1.54) is 29.2 Å². The van der Waals surface area contributed by atoms with Crippen molar-refractivity contribution in [2.75, 3.05) is 20.2 Å². The van der Waals surface area contributed by atoms with Crippen LogP contribution >= 0.6 is 0 Å². The molecule has 1 aromatic heterocycles. The van der Waals surface area contributed by atoms with Crippen molar-refractivity contribution in [3.05, 3.63) is 68.9 Å². The SMILES string of the molecule is CN(CCCOc1ccc(F)cc1)C(=O)Cn1cc([N+](=O)[O-])ccc1=O. The summed E-state index contributed by atoms with van der Waals surface area (Å²) in [6.45, 7) is 0.430. The van der Waals surface area contributed by atoms with E-state index in [0.717, 1.165) is 22.9 Å². The van der Waals surface area contributed by atoms with E-state index in [9.17, 15) is 24.1 Å². The first-order valence-electron chi connectivity index (χ1n) is 7.84. The zero-order chi connectivity index (χ0) is 19.1. The lowest BCUT2D eigenvalue weighted by Crippen LogP contribution is -2.34. The Morgan fingerprint density at radius 3 is 2.62 bits per heavy atom. The number of aromatic nitrogens is 1. The minimum Gasteiger partial charge on any atom is -0.494 e. The standard InChI is InChI=1S/C17H18FN3O5/c1-19(9-2-10-26-15-6-3-13(18)4-7-15)17(23)12-20-11-14(21(24)25)5-8-16(20)22/h3-8,11H,2,9-10,12H2,1H3. The second-order valence-corrected chi connectivity index (χ2v) is 5.58. The summed E-state index contributed by atoms with van der Waals surface area (Å²) in [6.07, 6.45) is 1.58. The third kappa shape index (κ3) is 5.40. The molecule has 0 bridgehead atoms. The minimum atomic E-state index is -0.628. The molecule has 0 saturated heterocycles. The lowest BCUT2D eigenvalue weighted by atomic mass is 10.3. The number of rotatable bonds is 8. The summed E-state index contributed by atoms with van der Waals surface area (Å²) in [4.78, 5) is 35.4. The first kappa shape index (κ1) is 19.1. The number of nitrogens with zero attached hydrogens (tertiary/aromatic N) is 3. The molecule has 2 rings (SSSR count). The van der Waals surface area contributed by atoms with E-state index in [-0.39, 0.29) is 24.0 Å². The van der Waals surface area contributed by atoms with Gasteiger partial charge in [0.05, 0.1) is 17.7 Å². The monoisotopic (exact) mass is 363 g/mol. The van der Waals surface area contributed by atoms with Crippen LogP contribution in [-0.2, 0) is 11.3 Å². The normalized spacial score (nSPS) is 10.4. The highest BCUT2D eigenvalue weighted by atomic mass is 19.1. The summed E-state index contributed by atoms with van der Waals surface area (Å²) in [5, 5.41) is 10.8. The van der Waals surface area contributed by atoms with Gasteiger partial charge in [-0.25, -0.2) is 4.39 Å². The van der Waals surface area contributed by atoms with Gasteiger partial charge in [0, 0.05) is 25.7 Å². The summed E-state index contributed by atoms with van der Waals surface area (Å²) in [5.41, 5.74) is -0.746. The smallest absolute Gasteiger partial charge is 0.285 e. The molecule has 138 valence electrons. The Bertz CT molecular complexity index is 835. The molecule has 1 aromatic carbocycles. The van der Waals surface area contributed by atoms with Crippen molar-refractivity contribution in [3.8, 4) is 5.75 Å². The van der Waals surface area contributed by atoms with Gasteiger partial charge in [0.15, 0.2) is 0 Å². The van der Waals surface area contributed by atoms with E-state index in [4.69, 9.17) is 4.74 Å². The number of pyridine rings is 1. The molecule has 0 fully saturated rings. The van der Waals surface area contributed by atoms with Gasteiger partial charge in [-0.15, -0.1) is 0 Å². The fraction of sp³-hybridized carbons (Fsp3) is 0.294. The number of benzene rings is 1. The van der Waals surface area contributed by atoms with E-state index in [2.05, 4.69) is 0 Å². The van der Waals surface area contributed by atoms with Crippen molar-refractivity contribution in [3.63, 3.8) is 0 Å². The number of likely N-dealkylation sites (N-methyl/N-ethyl adjacent to an activating group) is 1. The molecule has 0 radical (unpaired) electrons. The fourth-order valence-electron chi connectivity index (χ4n) is 2.16. The highest BCUT2D eigenvalue weighted by Gasteiger charge is 2.13. The first-order chi connectivity index (χ1) is 12.4. The van der Waals surface area contributed by atoms with Crippen LogP contribution < -0.4 is 10.3 Å². The van der Waals surface area contributed by atoms with Crippen LogP contribution in [0.2, 0.25) is 0 Å². The second kappa shape index (κ2) is 8.75. The molecule has 26 heavy (non-hydrogen) atoms. The Balaban J connectivity index is 1.82. The van der Waals surface area contributed by atoms with E-state index < -0.39 is 10.5 Å². The van der Waals surface area contributed by atoms with Crippen molar-refractivity contribution < 1.29 is 18.8 Å². The molecule has 9 heteroatoms. The van der Waals surface area contributed by atoms with Gasteiger partial charge in [0.2, 0.25) is 5.91 Å². The molecule has 0 saturated carbocycles. The van der Waals surface area contributed by atoms with Crippen LogP contribution in [0.1, 0.15) is 6.42 Å². The largest absolute Gasteiger partial charge is 0.494 e. The highest BCUT2D eigenvalue weighted by molar-refractivity contribution is 5.75. The molecule has 0 spiro atoms. The first-order valence-corrected chi connectivity index (χ1v) is 7.84. The number of halogens is 1. The summed E-state index contributed by atoms with van der Waals surface area (Å²) < 4.78 is 19.2. The van der Waals surface area contributed by atoms with Gasteiger partial charge < -0.3 is 9.64 Å². The number of amides is 1. The molecular weight excluding hydrogens is 345 g/mol. The van der Waals surface area contributed by atoms with Crippen LogP contribution in [0.3, 0.4) is 0 Å². The maximum Gasteiger partial charge on any atom is 0.285 e. The summed E-state index contributed by atoms with van der Waals surface area (Å²) in [5.74, 6) is -0.169.